The van der Waals surface area contributed by atoms with Crippen LogP contribution < -0.4 is 10.2 Å². The van der Waals surface area contributed by atoms with Gasteiger partial charge in [-0.15, -0.1) is 0 Å². The van der Waals surface area contributed by atoms with Gasteiger partial charge in [0.2, 0.25) is 11.2 Å². The second-order valence-electron chi connectivity index (χ2n) is 9.02. The number of rotatable bonds is 4. The average Bonchev–Trinajstić information content (AvgIpc) is 2.74. The predicted molar refractivity (Wildman–Crippen MR) is 120 cm³/mol. The summed E-state index contributed by atoms with van der Waals surface area (Å²) in [5, 5.41) is 10.9. The molecule has 1 aliphatic heterocycles. The zero-order chi connectivity index (χ0) is 22.2. The zero-order valence-corrected chi connectivity index (χ0v) is 18.5. The number of nitrogens with zero attached hydrogens (tertiary/aromatic N) is 1. The van der Waals surface area contributed by atoms with Crippen LogP contribution in [0.5, 0.6) is 17.2 Å². The maximum atomic E-state index is 13.2. The molecule has 31 heavy (non-hydrogen) atoms. The average molecular weight is 424 g/mol. The van der Waals surface area contributed by atoms with Crippen LogP contribution in [0.3, 0.4) is 0 Å². The smallest absolute Gasteiger partial charge is 0.235 e. The highest BCUT2D eigenvalue weighted by atomic mass is 16.5. The molecule has 0 atom stereocenters. The molecule has 2 aromatic carbocycles. The molecular formula is C25H29NO5. The van der Waals surface area contributed by atoms with Gasteiger partial charge in [-0.05, 0) is 42.2 Å². The predicted octanol–water partition coefficient (Wildman–Crippen LogP) is 4.73. The molecule has 1 N–H and O–H groups in total. The summed E-state index contributed by atoms with van der Waals surface area (Å²) >= 11 is 0. The standard InChI is InChI=1S/C25H29NO5/c1-16-23(31-18-7-5-17(6-8-18)25(2,3)4)22(28)19-9-10-21(27)20(24(19)30-16)15-26-11-13-29-14-12-26/h5-10,27H,11-15H2,1-4H3. The normalized spacial score (nSPS) is 15.4. The van der Waals surface area contributed by atoms with Gasteiger partial charge in [-0.2, -0.15) is 0 Å². The number of phenolic OH excluding ortho intramolecular Hbond substituents is 1. The Balaban J connectivity index is 1.70. The molecule has 6 nitrogen and oxygen atoms in total. The first kappa shape index (κ1) is 21.4. The molecular weight excluding hydrogens is 394 g/mol. The summed E-state index contributed by atoms with van der Waals surface area (Å²) in [6, 6.07) is 10.9. The van der Waals surface area contributed by atoms with Crippen LogP contribution >= 0.6 is 0 Å². The highest BCUT2D eigenvalue weighted by molar-refractivity contribution is 5.83. The third kappa shape index (κ3) is 4.45. The molecule has 3 aromatic rings. The summed E-state index contributed by atoms with van der Waals surface area (Å²) in [5.41, 5.74) is 1.99. The molecule has 0 bridgehead atoms. The van der Waals surface area contributed by atoms with E-state index in [9.17, 15) is 9.90 Å². The molecule has 1 aromatic heterocycles. The lowest BCUT2D eigenvalue weighted by atomic mass is 9.87. The van der Waals surface area contributed by atoms with Gasteiger partial charge in [-0.3, -0.25) is 9.69 Å². The second kappa shape index (κ2) is 8.36. The third-order valence-electron chi connectivity index (χ3n) is 5.69. The topological polar surface area (TPSA) is 72.1 Å². The van der Waals surface area contributed by atoms with E-state index in [1.165, 1.54) is 5.56 Å². The van der Waals surface area contributed by atoms with E-state index in [0.29, 0.717) is 47.8 Å². The van der Waals surface area contributed by atoms with Crippen molar-refractivity contribution < 1.29 is 19.0 Å². The summed E-state index contributed by atoms with van der Waals surface area (Å²) in [5.74, 6) is 1.24. The summed E-state index contributed by atoms with van der Waals surface area (Å²) in [6.07, 6.45) is 0. The third-order valence-corrected chi connectivity index (χ3v) is 5.69. The van der Waals surface area contributed by atoms with Gasteiger partial charge in [0.25, 0.3) is 0 Å². The molecule has 0 spiro atoms. The highest BCUT2D eigenvalue weighted by Crippen LogP contribution is 2.32. The van der Waals surface area contributed by atoms with E-state index >= 15 is 0 Å². The molecule has 0 radical (unpaired) electrons. The summed E-state index contributed by atoms with van der Waals surface area (Å²) in [4.78, 5) is 15.4. The van der Waals surface area contributed by atoms with Crippen LogP contribution in [0.2, 0.25) is 0 Å². The lowest BCUT2D eigenvalue weighted by Gasteiger charge is -2.27. The Hall–Kier alpha value is -2.83. The van der Waals surface area contributed by atoms with Crippen LogP contribution in [-0.2, 0) is 16.7 Å². The van der Waals surface area contributed by atoms with Crippen LogP contribution in [0.15, 0.2) is 45.6 Å². The minimum Gasteiger partial charge on any atom is -0.507 e. The van der Waals surface area contributed by atoms with E-state index in [1.807, 2.05) is 24.3 Å². The minimum absolute atomic E-state index is 0.0370. The van der Waals surface area contributed by atoms with Gasteiger partial charge in [0.05, 0.1) is 24.2 Å². The Labute approximate surface area is 182 Å². The van der Waals surface area contributed by atoms with Crippen LogP contribution in [0.25, 0.3) is 11.0 Å². The van der Waals surface area contributed by atoms with Crippen molar-refractivity contribution in [2.24, 2.45) is 0 Å². The Bertz CT molecular complexity index is 1140. The van der Waals surface area contributed by atoms with E-state index in [-0.39, 0.29) is 22.3 Å². The van der Waals surface area contributed by atoms with Gasteiger partial charge in [0, 0.05) is 19.6 Å². The molecule has 2 heterocycles. The molecule has 164 valence electrons. The monoisotopic (exact) mass is 423 g/mol. The fourth-order valence-electron chi connectivity index (χ4n) is 3.79. The van der Waals surface area contributed by atoms with Crippen molar-refractivity contribution in [2.45, 2.75) is 39.7 Å². The first-order valence-corrected chi connectivity index (χ1v) is 10.6. The van der Waals surface area contributed by atoms with Crippen LogP contribution in [-0.4, -0.2) is 36.3 Å². The van der Waals surface area contributed by atoms with Crippen molar-refractivity contribution in [3.05, 3.63) is 63.5 Å². The second-order valence-corrected chi connectivity index (χ2v) is 9.02. The Morgan fingerprint density at radius 2 is 1.74 bits per heavy atom. The largest absolute Gasteiger partial charge is 0.507 e. The lowest BCUT2D eigenvalue weighted by Crippen LogP contribution is -2.35. The van der Waals surface area contributed by atoms with Crippen LogP contribution in [0.4, 0.5) is 0 Å². The molecule has 1 fully saturated rings. The summed E-state index contributed by atoms with van der Waals surface area (Å²) in [6.45, 7) is 11.5. The Kier molecular flexibility index (Phi) is 5.77. The highest BCUT2D eigenvalue weighted by Gasteiger charge is 2.21. The number of hydrogen-bond acceptors (Lipinski definition) is 6. The van der Waals surface area contributed by atoms with Crippen LogP contribution in [0.1, 0.15) is 37.7 Å². The SMILES string of the molecule is Cc1oc2c(CN3CCOCC3)c(O)ccc2c(=O)c1Oc1ccc(C(C)(C)C)cc1. The van der Waals surface area contributed by atoms with Gasteiger partial charge in [0.1, 0.15) is 22.8 Å². The number of ether oxygens (including phenoxy) is 2. The molecule has 1 aliphatic rings. The van der Waals surface area contributed by atoms with Crippen molar-refractivity contribution in [3.63, 3.8) is 0 Å². The zero-order valence-electron chi connectivity index (χ0n) is 18.5. The van der Waals surface area contributed by atoms with Gasteiger partial charge in [-0.25, -0.2) is 0 Å². The molecule has 0 saturated carbocycles. The van der Waals surface area contributed by atoms with Gasteiger partial charge in [-0.1, -0.05) is 32.9 Å². The van der Waals surface area contributed by atoms with E-state index in [0.717, 1.165) is 13.1 Å². The first-order chi connectivity index (χ1) is 14.7. The van der Waals surface area contributed by atoms with E-state index < -0.39 is 0 Å². The number of morpholine rings is 1. The van der Waals surface area contributed by atoms with Crippen molar-refractivity contribution in [3.8, 4) is 17.2 Å². The molecule has 6 heteroatoms. The maximum Gasteiger partial charge on any atom is 0.235 e. The van der Waals surface area contributed by atoms with Crippen molar-refractivity contribution in [1.29, 1.82) is 0 Å². The Morgan fingerprint density at radius 3 is 2.39 bits per heavy atom. The lowest BCUT2D eigenvalue weighted by molar-refractivity contribution is 0.0339. The number of phenols is 1. The number of hydrogen-bond donors (Lipinski definition) is 1. The van der Waals surface area contributed by atoms with E-state index in [4.69, 9.17) is 13.9 Å². The fourth-order valence-corrected chi connectivity index (χ4v) is 3.79. The number of benzene rings is 2. The van der Waals surface area contributed by atoms with Crippen molar-refractivity contribution >= 4 is 11.0 Å². The first-order valence-electron chi connectivity index (χ1n) is 10.6. The van der Waals surface area contributed by atoms with Gasteiger partial charge >= 0.3 is 0 Å². The van der Waals surface area contributed by atoms with Crippen molar-refractivity contribution in [2.75, 3.05) is 26.3 Å². The van der Waals surface area contributed by atoms with Gasteiger partial charge in [0.15, 0.2) is 0 Å². The quantitative estimate of drug-likeness (QED) is 0.654. The van der Waals surface area contributed by atoms with Crippen LogP contribution in [0, 0.1) is 6.92 Å². The van der Waals surface area contributed by atoms with Crippen molar-refractivity contribution in [1.82, 2.24) is 4.90 Å². The molecule has 4 rings (SSSR count). The van der Waals surface area contributed by atoms with Gasteiger partial charge < -0.3 is 19.0 Å². The molecule has 0 amide bonds. The number of aryl methyl sites for hydroxylation is 1. The maximum absolute atomic E-state index is 13.2. The summed E-state index contributed by atoms with van der Waals surface area (Å²) < 4.78 is 17.4. The van der Waals surface area contributed by atoms with E-state index in [1.54, 1.807) is 19.1 Å². The molecule has 0 aliphatic carbocycles. The van der Waals surface area contributed by atoms with E-state index in [2.05, 4.69) is 25.7 Å². The Morgan fingerprint density at radius 1 is 1.06 bits per heavy atom. The minimum atomic E-state index is -0.248. The summed E-state index contributed by atoms with van der Waals surface area (Å²) in [7, 11) is 0. The molecule has 0 unspecified atom stereocenters. The number of fused-ring (bicyclic) bond motifs is 1. The fraction of sp³-hybridized carbons (Fsp3) is 0.400. The number of aromatic hydroxyl groups is 1. The molecule has 1 saturated heterocycles.